The Balaban J connectivity index is 5.21. The molecule has 122 valence electrons. The van der Waals surface area contributed by atoms with E-state index in [2.05, 4.69) is 4.74 Å². The fourth-order valence-electron chi connectivity index (χ4n) is 1.41. The molecule has 0 saturated heterocycles. The lowest BCUT2D eigenvalue weighted by Gasteiger charge is -2.37. The summed E-state index contributed by atoms with van der Waals surface area (Å²) in [7, 11) is 0. The van der Waals surface area contributed by atoms with Crippen LogP contribution in [0.25, 0.3) is 0 Å². The zero-order chi connectivity index (χ0) is 16.2. The lowest BCUT2D eigenvalue weighted by Crippen LogP contribution is -2.59. The first kappa shape index (κ1) is 19.5. The van der Waals surface area contributed by atoms with Crippen LogP contribution in [0.2, 0.25) is 0 Å². The molecule has 20 heavy (non-hydrogen) atoms. The summed E-state index contributed by atoms with van der Waals surface area (Å²) in [6, 6.07) is 0. The van der Waals surface area contributed by atoms with Gasteiger partial charge in [0.1, 0.15) is 6.79 Å². The molecule has 0 radical (unpaired) electrons. The van der Waals surface area contributed by atoms with Crippen molar-refractivity contribution < 1.29 is 35.8 Å². The summed E-state index contributed by atoms with van der Waals surface area (Å²) in [6.07, 6.45) is -12.3. The van der Waals surface area contributed by atoms with Crippen molar-refractivity contribution in [3.8, 4) is 0 Å². The molecule has 8 heteroatoms. The van der Waals surface area contributed by atoms with Crippen LogP contribution in [0, 0.1) is 0 Å². The van der Waals surface area contributed by atoms with E-state index in [9.17, 15) is 26.3 Å². The van der Waals surface area contributed by atoms with Gasteiger partial charge >= 0.3 is 12.4 Å². The second-order valence-electron chi connectivity index (χ2n) is 5.44. The quantitative estimate of drug-likeness (QED) is 0.517. The van der Waals surface area contributed by atoms with E-state index in [1.165, 1.54) is 27.7 Å². The molecule has 0 N–H and O–H groups in total. The first-order chi connectivity index (χ1) is 8.77. The fourth-order valence-corrected chi connectivity index (χ4v) is 1.41. The Bertz CT molecular complexity index is 276. The van der Waals surface area contributed by atoms with Gasteiger partial charge in [0.05, 0.1) is 5.60 Å². The number of hydrogen-bond donors (Lipinski definition) is 0. The van der Waals surface area contributed by atoms with Crippen LogP contribution in [-0.4, -0.2) is 30.3 Å². The van der Waals surface area contributed by atoms with Gasteiger partial charge in [0.15, 0.2) is 0 Å². The highest BCUT2D eigenvalue weighted by Crippen LogP contribution is 2.49. The molecule has 2 nitrogen and oxygen atoms in total. The van der Waals surface area contributed by atoms with E-state index >= 15 is 0 Å². The van der Waals surface area contributed by atoms with E-state index in [1.807, 2.05) is 0 Å². The van der Waals surface area contributed by atoms with Gasteiger partial charge in [-0.1, -0.05) is 19.8 Å². The largest absolute Gasteiger partial charge is 0.426 e. The Morgan fingerprint density at radius 1 is 0.800 bits per heavy atom. The maximum atomic E-state index is 12.9. The molecule has 0 unspecified atom stereocenters. The Labute approximate surface area is 114 Å². The van der Waals surface area contributed by atoms with Gasteiger partial charge < -0.3 is 9.47 Å². The number of halogens is 6. The average Bonchev–Trinajstić information content (AvgIpc) is 2.17. The molecule has 0 spiro atoms. The maximum Gasteiger partial charge on any atom is 0.426 e. The summed E-state index contributed by atoms with van der Waals surface area (Å²) >= 11 is 0. The van der Waals surface area contributed by atoms with Crippen molar-refractivity contribution in [2.75, 3.05) is 6.79 Å². The van der Waals surface area contributed by atoms with Crippen molar-refractivity contribution in [1.29, 1.82) is 0 Å². The van der Waals surface area contributed by atoms with Crippen molar-refractivity contribution in [3.63, 3.8) is 0 Å². The fraction of sp³-hybridized carbons (Fsp3) is 1.00. The standard InChI is InChI=1S/C12H20F6O2/c1-5-6-7-10(11(13,14)15,12(16,17)18)20-8-19-9(2,3)4/h5-8H2,1-4H3. The van der Waals surface area contributed by atoms with Crippen molar-refractivity contribution in [2.45, 2.75) is 70.5 Å². The molecule has 0 rings (SSSR count). The second kappa shape index (κ2) is 6.51. The van der Waals surface area contributed by atoms with Crippen LogP contribution in [0.3, 0.4) is 0 Å². The van der Waals surface area contributed by atoms with Crippen LogP contribution in [0.1, 0.15) is 47.0 Å². The minimum atomic E-state index is -5.55. The summed E-state index contributed by atoms with van der Waals surface area (Å²) in [5.74, 6) is 0. The van der Waals surface area contributed by atoms with E-state index in [0.29, 0.717) is 0 Å². The van der Waals surface area contributed by atoms with Gasteiger partial charge in [0.2, 0.25) is 0 Å². The van der Waals surface area contributed by atoms with E-state index in [4.69, 9.17) is 4.74 Å². The number of alkyl halides is 6. The summed E-state index contributed by atoms with van der Waals surface area (Å²) < 4.78 is 86.5. The topological polar surface area (TPSA) is 18.5 Å². The first-order valence-electron chi connectivity index (χ1n) is 6.18. The lowest BCUT2D eigenvalue weighted by molar-refractivity contribution is -0.398. The molecule has 0 saturated carbocycles. The highest BCUT2D eigenvalue weighted by molar-refractivity contribution is 4.95. The summed E-state index contributed by atoms with van der Waals surface area (Å²) in [5.41, 5.74) is -5.07. The van der Waals surface area contributed by atoms with E-state index in [-0.39, 0.29) is 12.8 Å². The Morgan fingerprint density at radius 2 is 1.25 bits per heavy atom. The lowest BCUT2D eigenvalue weighted by atomic mass is 9.95. The normalized spacial score (nSPS) is 14.7. The van der Waals surface area contributed by atoms with Crippen LogP contribution in [0.4, 0.5) is 26.3 Å². The van der Waals surface area contributed by atoms with Crippen LogP contribution in [-0.2, 0) is 9.47 Å². The zero-order valence-electron chi connectivity index (χ0n) is 11.9. The minimum absolute atomic E-state index is 0.192. The van der Waals surface area contributed by atoms with Crippen LogP contribution in [0.15, 0.2) is 0 Å². The van der Waals surface area contributed by atoms with Gasteiger partial charge in [0, 0.05) is 0 Å². The van der Waals surface area contributed by atoms with Crippen LogP contribution < -0.4 is 0 Å². The van der Waals surface area contributed by atoms with Crippen molar-refractivity contribution in [1.82, 2.24) is 0 Å². The van der Waals surface area contributed by atoms with Crippen LogP contribution in [0.5, 0.6) is 0 Å². The molecular weight excluding hydrogens is 290 g/mol. The third kappa shape index (κ3) is 5.12. The number of unbranched alkanes of at least 4 members (excludes halogenated alkanes) is 1. The molecule has 0 heterocycles. The highest BCUT2D eigenvalue weighted by atomic mass is 19.4. The molecule has 0 aliphatic carbocycles. The van der Waals surface area contributed by atoms with E-state index < -0.39 is 36.8 Å². The van der Waals surface area contributed by atoms with Crippen molar-refractivity contribution in [2.24, 2.45) is 0 Å². The van der Waals surface area contributed by atoms with Gasteiger partial charge in [-0.05, 0) is 27.2 Å². The predicted octanol–water partition coefficient (Wildman–Crippen LogP) is 4.83. The molecular formula is C12H20F6O2. The van der Waals surface area contributed by atoms with Gasteiger partial charge in [-0.25, -0.2) is 0 Å². The Hall–Kier alpha value is -0.500. The zero-order valence-corrected chi connectivity index (χ0v) is 11.9. The Kier molecular flexibility index (Phi) is 6.35. The molecule has 0 aliphatic rings. The molecule has 0 aromatic heterocycles. The molecule has 0 aromatic carbocycles. The summed E-state index contributed by atoms with van der Waals surface area (Å²) in [6.45, 7) is 4.94. The van der Waals surface area contributed by atoms with E-state index in [0.717, 1.165) is 0 Å². The molecule has 0 bridgehead atoms. The molecule has 0 fully saturated rings. The highest BCUT2D eigenvalue weighted by Gasteiger charge is 2.71. The maximum absolute atomic E-state index is 12.9. The van der Waals surface area contributed by atoms with Crippen molar-refractivity contribution in [3.05, 3.63) is 0 Å². The van der Waals surface area contributed by atoms with Crippen molar-refractivity contribution >= 4 is 0 Å². The van der Waals surface area contributed by atoms with Gasteiger partial charge in [-0.2, -0.15) is 26.3 Å². The third-order valence-electron chi connectivity index (χ3n) is 2.60. The number of hydrogen-bond acceptors (Lipinski definition) is 2. The Morgan fingerprint density at radius 3 is 1.55 bits per heavy atom. The molecule has 0 aromatic rings. The summed E-state index contributed by atoms with van der Waals surface area (Å²) in [5, 5.41) is 0. The van der Waals surface area contributed by atoms with Gasteiger partial charge in [-0.15, -0.1) is 0 Å². The monoisotopic (exact) mass is 310 g/mol. The SMILES string of the molecule is CCCCC(OCOC(C)(C)C)(C(F)(F)F)C(F)(F)F. The summed E-state index contributed by atoms with van der Waals surface area (Å²) in [4.78, 5) is 0. The average molecular weight is 310 g/mol. The first-order valence-corrected chi connectivity index (χ1v) is 6.18. The van der Waals surface area contributed by atoms with Gasteiger partial charge in [0.25, 0.3) is 5.60 Å². The predicted molar refractivity (Wildman–Crippen MR) is 61.2 cm³/mol. The molecule has 0 aliphatic heterocycles. The van der Waals surface area contributed by atoms with Gasteiger partial charge in [-0.3, -0.25) is 0 Å². The number of ether oxygens (including phenoxy) is 2. The second-order valence-corrected chi connectivity index (χ2v) is 5.44. The minimum Gasteiger partial charge on any atom is -0.350 e. The van der Waals surface area contributed by atoms with Crippen LogP contribution >= 0.6 is 0 Å². The molecule has 0 amide bonds. The molecule has 0 atom stereocenters. The third-order valence-corrected chi connectivity index (χ3v) is 2.60. The number of rotatable bonds is 6. The smallest absolute Gasteiger partial charge is 0.350 e. The van der Waals surface area contributed by atoms with E-state index in [1.54, 1.807) is 0 Å².